The Morgan fingerprint density at radius 1 is 0.759 bits per heavy atom. The van der Waals surface area contributed by atoms with Crippen LogP contribution < -0.4 is 30.9 Å². The third-order valence-corrected chi connectivity index (χ3v) is 16.9. The zero-order valence-corrected chi connectivity index (χ0v) is 48.1. The number of phenols is 1. The first-order valence-electron chi connectivity index (χ1n) is 29.0. The molecule has 5 aromatic rings. The van der Waals surface area contributed by atoms with Crippen molar-refractivity contribution in [3.8, 4) is 33.2 Å². The molecule has 0 radical (unpaired) electrons. The molecule has 16 nitrogen and oxygen atoms in total. The number of nitrogen functional groups attached to an aromatic ring is 1. The first-order chi connectivity index (χ1) is 38.1. The molecular formula is C62H84N10O6S. The number of rotatable bonds is 24. The van der Waals surface area contributed by atoms with E-state index in [2.05, 4.69) is 72.0 Å². The summed E-state index contributed by atoms with van der Waals surface area (Å²) >= 11 is 1.61. The molecule has 0 aliphatic carbocycles. The van der Waals surface area contributed by atoms with Gasteiger partial charge in [-0.3, -0.25) is 19.2 Å². The van der Waals surface area contributed by atoms with Crippen molar-refractivity contribution in [1.82, 2.24) is 35.6 Å². The van der Waals surface area contributed by atoms with E-state index >= 15 is 0 Å². The van der Waals surface area contributed by atoms with Gasteiger partial charge in [0.25, 0.3) is 0 Å². The van der Waals surface area contributed by atoms with E-state index in [-0.39, 0.29) is 47.3 Å². The number of benzene rings is 3. The Morgan fingerprint density at radius 2 is 1.42 bits per heavy atom. The van der Waals surface area contributed by atoms with Crippen LogP contribution in [-0.4, -0.2) is 118 Å². The lowest BCUT2D eigenvalue weighted by Gasteiger charge is -2.38. The number of ether oxygens (including phenoxy) is 1. The van der Waals surface area contributed by atoms with E-state index < -0.39 is 17.5 Å². The number of likely N-dealkylation sites (tertiary alicyclic amines) is 1. The highest BCUT2D eigenvalue weighted by atomic mass is 32.1. The highest BCUT2D eigenvalue weighted by Crippen LogP contribution is 2.34. The topological polar surface area (TPSA) is 199 Å². The predicted molar refractivity (Wildman–Crippen MR) is 315 cm³/mol. The lowest BCUT2D eigenvalue weighted by molar-refractivity contribution is -0.144. The van der Waals surface area contributed by atoms with E-state index in [4.69, 9.17) is 10.5 Å². The quantitative estimate of drug-likeness (QED) is 0.0427. The number of nitrogens with two attached hydrogens (primary N) is 1. The summed E-state index contributed by atoms with van der Waals surface area (Å²) in [4.78, 5) is 68.2. The van der Waals surface area contributed by atoms with Gasteiger partial charge in [-0.05, 0) is 99.2 Å². The van der Waals surface area contributed by atoms with Crippen LogP contribution in [0.3, 0.4) is 0 Å². The van der Waals surface area contributed by atoms with Crippen LogP contribution in [0.1, 0.15) is 148 Å². The molecule has 0 saturated carbocycles. The molecule has 4 amide bonds. The molecule has 3 aliphatic heterocycles. The minimum atomic E-state index is -0.727. The number of phenolic OH excluding ortho intramolecular Hbond substituents is 1. The maximum absolute atomic E-state index is 14.1. The number of nitrogens with zero attached hydrogens (tertiary/aromatic N) is 7. The third-order valence-electron chi connectivity index (χ3n) is 15.9. The molecule has 1 unspecified atom stereocenters. The molecule has 3 aromatic carbocycles. The van der Waals surface area contributed by atoms with Gasteiger partial charge in [0.2, 0.25) is 23.6 Å². The lowest BCUT2D eigenvalue weighted by Crippen LogP contribution is -2.57. The van der Waals surface area contributed by atoms with Crippen LogP contribution in [0.15, 0.2) is 84.4 Å². The van der Waals surface area contributed by atoms with Crippen LogP contribution in [0.4, 0.5) is 17.2 Å². The van der Waals surface area contributed by atoms with Crippen LogP contribution >= 0.6 is 11.3 Å². The van der Waals surface area contributed by atoms with E-state index in [9.17, 15) is 24.3 Å². The Kier molecular flexibility index (Phi) is 20.6. The second-order valence-corrected chi connectivity index (χ2v) is 23.8. The van der Waals surface area contributed by atoms with E-state index in [0.717, 1.165) is 136 Å². The zero-order chi connectivity index (χ0) is 55.9. The van der Waals surface area contributed by atoms with E-state index in [0.29, 0.717) is 49.4 Å². The van der Waals surface area contributed by atoms with Crippen molar-refractivity contribution in [2.45, 2.75) is 162 Å². The van der Waals surface area contributed by atoms with Gasteiger partial charge in [0, 0.05) is 75.1 Å². The molecule has 4 atom stereocenters. The summed E-state index contributed by atoms with van der Waals surface area (Å²) in [6.07, 6.45) is 14.6. The fourth-order valence-electron chi connectivity index (χ4n) is 11.2. The molecule has 0 bridgehead atoms. The summed E-state index contributed by atoms with van der Waals surface area (Å²) in [6.45, 7) is 15.0. The second kappa shape index (κ2) is 27.9. The lowest BCUT2D eigenvalue weighted by atomic mass is 9.85. The Bertz CT molecular complexity index is 2810. The van der Waals surface area contributed by atoms with Crippen LogP contribution in [0.5, 0.6) is 11.5 Å². The molecule has 8 rings (SSSR count). The molecule has 5 heterocycles. The highest BCUT2D eigenvalue weighted by Gasteiger charge is 2.42. The van der Waals surface area contributed by atoms with E-state index in [1.165, 1.54) is 12.8 Å². The predicted octanol–water partition coefficient (Wildman–Crippen LogP) is 10.6. The van der Waals surface area contributed by atoms with Crippen molar-refractivity contribution in [2.75, 3.05) is 61.3 Å². The number of anilines is 3. The molecule has 424 valence electrons. The summed E-state index contributed by atoms with van der Waals surface area (Å²) in [5, 5.41) is 24.9. The number of aryl methyl sites for hydroxylation is 1. The van der Waals surface area contributed by atoms with Crippen molar-refractivity contribution < 1.29 is 29.0 Å². The minimum absolute atomic E-state index is 0.0902. The fourth-order valence-corrected chi connectivity index (χ4v) is 12.0. The monoisotopic (exact) mass is 1100 g/mol. The molecule has 0 spiro atoms. The van der Waals surface area contributed by atoms with Gasteiger partial charge in [-0.15, -0.1) is 21.5 Å². The number of hydrogen-bond donors (Lipinski definition) is 4. The Balaban J connectivity index is 0.660. The fraction of sp³-hybridized carbons (Fsp3) is 0.532. The van der Waals surface area contributed by atoms with Gasteiger partial charge < -0.3 is 45.8 Å². The van der Waals surface area contributed by atoms with Crippen molar-refractivity contribution in [3.63, 3.8) is 0 Å². The molecule has 3 aliphatic rings. The van der Waals surface area contributed by atoms with Gasteiger partial charge >= 0.3 is 0 Å². The number of thiazole rings is 1. The number of unbranched alkanes of at least 4 members (excludes halogenated alkanes) is 9. The van der Waals surface area contributed by atoms with Gasteiger partial charge in [0.1, 0.15) is 29.6 Å². The Morgan fingerprint density at radius 3 is 2.09 bits per heavy atom. The van der Waals surface area contributed by atoms with Crippen molar-refractivity contribution in [3.05, 3.63) is 95.6 Å². The second-order valence-electron chi connectivity index (χ2n) is 22.9. The zero-order valence-electron chi connectivity index (χ0n) is 47.3. The number of amides is 4. The number of carbonyl (C=O) groups is 4. The number of carbonyl (C=O) groups excluding carboxylic acids is 4. The van der Waals surface area contributed by atoms with Gasteiger partial charge in [-0.25, -0.2) is 4.98 Å². The molecule has 3 saturated heterocycles. The highest BCUT2D eigenvalue weighted by molar-refractivity contribution is 7.13. The maximum Gasteiger partial charge on any atom is 0.246 e. The van der Waals surface area contributed by atoms with E-state index in [1.807, 2.05) is 63.2 Å². The molecule has 5 N–H and O–H groups in total. The number of piperidine rings is 1. The van der Waals surface area contributed by atoms with Gasteiger partial charge in [0.15, 0.2) is 11.6 Å². The van der Waals surface area contributed by atoms with Crippen molar-refractivity contribution in [1.29, 1.82) is 0 Å². The van der Waals surface area contributed by atoms with Gasteiger partial charge in [-0.1, -0.05) is 115 Å². The van der Waals surface area contributed by atoms with Crippen LogP contribution in [0.2, 0.25) is 0 Å². The third kappa shape index (κ3) is 16.0. The molecule has 17 heteroatoms. The maximum atomic E-state index is 14.1. The number of aromatic nitrogens is 3. The summed E-state index contributed by atoms with van der Waals surface area (Å²) < 4.78 is 6.43. The largest absolute Gasteiger partial charge is 0.507 e. The smallest absolute Gasteiger partial charge is 0.246 e. The average Bonchev–Trinajstić information content (AvgIpc) is 4.13. The first-order valence-corrected chi connectivity index (χ1v) is 29.9. The number of hydrogen-bond acceptors (Lipinski definition) is 13. The van der Waals surface area contributed by atoms with Crippen molar-refractivity contribution >= 4 is 52.2 Å². The first kappa shape index (κ1) is 58.4. The van der Waals surface area contributed by atoms with Crippen LogP contribution in [-0.2, 0) is 19.2 Å². The van der Waals surface area contributed by atoms with Gasteiger partial charge in [0.05, 0.1) is 28.7 Å². The standard InChI is InChI=1S/C62H84N10O6S/c1-43(45-29-31-46(32-30-45)57-44(2)64-42-79-57)65-60(76)52-25-20-34-72(52)61(77)58(62(3,4)5)66-55(74)27-14-12-10-8-6-7-9-11-13-15-28-56(75)70-37-35-69(36-38-70)47-21-18-22-48(39-47)71-33-19-23-49(41-71)78-54-40-51(67-68-59(54)63)50-24-16-17-26-53(50)73/h16-18,21-22,24,26,29-32,39-40,42-43,49,52,58,73H,6-15,19-20,23,25,27-28,33-38,41H2,1-5H3,(H2,63,68)(H,65,76)(H,66,74)/t43-,49?,52-,58+/m0/s1. The molecule has 3 fully saturated rings. The minimum Gasteiger partial charge on any atom is -0.507 e. The number of aromatic hydroxyl groups is 1. The summed E-state index contributed by atoms with van der Waals surface area (Å²) in [6, 6.07) is 24.1. The number of para-hydroxylation sites is 1. The molecular weight excluding hydrogens is 1010 g/mol. The number of piperazine rings is 1. The summed E-state index contributed by atoms with van der Waals surface area (Å²) in [7, 11) is 0. The van der Waals surface area contributed by atoms with Crippen LogP contribution in [0.25, 0.3) is 21.7 Å². The van der Waals surface area contributed by atoms with Crippen LogP contribution in [0, 0.1) is 12.3 Å². The van der Waals surface area contributed by atoms with Crippen molar-refractivity contribution in [2.24, 2.45) is 5.41 Å². The summed E-state index contributed by atoms with van der Waals surface area (Å²) in [5.41, 5.74) is 14.0. The number of nitrogens with one attached hydrogen (secondary N) is 2. The van der Waals surface area contributed by atoms with E-state index in [1.54, 1.807) is 40.5 Å². The molecule has 2 aromatic heterocycles. The summed E-state index contributed by atoms with van der Waals surface area (Å²) in [5.74, 6) is 0.585. The Hall–Kier alpha value is -6.75. The molecule has 79 heavy (non-hydrogen) atoms. The Labute approximate surface area is 471 Å². The average molecular weight is 1100 g/mol. The van der Waals surface area contributed by atoms with Gasteiger partial charge in [-0.2, -0.15) is 0 Å². The normalized spacial score (nSPS) is 17.6. The SMILES string of the molecule is Cc1ncsc1-c1ccc([C@H](C)NC(=O)[C@@H]2CCCN2C(=O)[C@@H](NC(=O)CCCCCCCCCCCCC(=O)N2CCN(c3cccc(N4CCCC(Oc5cc(-c6ccccc6O)nnc5N)C4)c3)CC2)C(C)(C)C)cc1.